The van der Waals surface area contributed by atoms with Crippen LogP contribution in [0.1, 0.15) is 25.3 Å². The molecule has 1 heterocycles. The van der Waals surface area contributed by atoms with E-state index >= 15 is 0 Å². The molecule has 0 aromatic heterocycles. The van der Waals surface area contributed by atoms with Crippen LogP contribution in [0.4, 0.5) is 8.78 Å². The van der Waals surface area contributed by atoms with Crippen molar-refractivity contribution in [3.05, 3.63) is 59.7 Å². The lowest BCUT2D eigenvalue weighted by Gasteiger charge is -2.33. The lowest BCUT2D eigenvalue weighted by Crippen LogP contribution is -2.49. The highest BCUT2D eigenvalue weighted by Crippen LogP contribution is 2.20. The van der Waals surface area contributed by atoms with Crippen LogP contribution in [0.25, 0.3) is 0 Å². The highest BCUT2D eigenvalue weighted by atomic mass is 19.2. The molecule has 0 spiro atoms. The Morgan fingerprint density at radius 1 is 1.12 bits per heavy atom. The van der Waals surface area contributed by atoms with Crippen molar-refractivity contribution in [3.63, 3.8) is 0 Å². The second-order valence-corrected chi connectivity index (χ2v) is 8.00. The minimum atomic E-state index is -0.807. The van der Waals surface area contributed by atoms with E-state index in [-0.39, 0.29) is 6.10 Å². The van der Waals surface area contributed by atoms with Crippen LogP contribution < -0.4 is 20.1 Å². The number of halogens is 2. The average molecular weight is 447 g/mol. The summed E-state index contributed by atoms with van der Waals surface area (Å²) in [5, 5.41) is 6.79. The molecule has 0 radical (unpaired) electrons. The molecule has 1 unspecified atom stereocenters. The van der Waals surface area contributed by atoms with Crippen molar-refractivity contribution in [2.75, 3.05) is 33.8 Å². The summed E-state index contributed by atoms with van der Waals surface area (Å²) in [4.78, 5) is 6.58. The van der Waals surface area contributed by atoms with Gasteiger partial charge in [-0.05, 0) is 49.6 Å². The number of likely N-dealkylation sites (tertiary alicyclic amines) is 1. The van der Waals surface area contributed by atoms with Gasteiger partial charge in [0.15, 0.2) is 17.6 Å². The number of hydrogen-bond acceptors (Lipinski definition) is 4. The number of ether oxygens (including phenoxy) is 2. The van der Waals surface area contributed by atoms with Gasteiger partial charge in [-0.25, -0.2) is 8.78 Å². The van der Waals surface area contributed by atoms with Crippen LogP contribution in [-0.4, -0.2) is 56.8 Å². The van der Waals surface area contributed by atoms with Gasteiger partial charge in [-0.15, -0.1) is 0 Å². The van der Waals surface area contributed by atoms with Gasteiger partial charge in [0, 0.05) is 38.8 Å². The molecule has 0 saturated carbocycles. The monoisotopic (exact) mass is 446 g/mol. The Labute approximate surface area is 188 Å². The quantitative estimate of drug-likeness (QED) is 0.480. The molecule has 0 aliphatic carbocycles. The third kappa shape index (κ3) is 7.09. The summed E-state index contributed by atoms with van der Waals surface area (Å²) in [7, 11) is 3.38. The minimum Gasteiger partial charge on any atom is -0.497 e. The third-order valence-electron chi connectivity index (χ3n) is 5.48. The number of benzene rings is 2. The van der Waals surface area contributed by atoms with Crippen LogP contribution >= 0.6 is 0 Å². The Bertz CT molecular complexity index is 901. The van der Waals surface area contributed by atoms with Gasteiger partial charge in [0.2, 0.25) is 0 Å². The molecule has 1 aliphatic heterocycles. The molecule has 32 heavy (non-hydrogen) atoms. The first-order valence-electron chi connectivity index (χ1n) is 10.9. The number of nitrogens with one attached hydrogen (secondary N) is 2. The fourth-order valence-corrected chi connectivity index (χ4v) is 3.71. The van der Waals surface area contributed by atoms with E-state index in [4.69, 9.17) is 9.47 Å². The molecule has 1 saturated heterocycles. The molecular formula is C24H32F2N4O2. The topological polar surface area (TPSA) is 58.1 Å². The molecule has 0 amide bonds. The first kappa shape index (κ1) is 23.8. The predicted octanol–water partition coefficient (Wildman–Crippen LogP) is 3.57. The fraction of sp³-hybridized carbons (Fsp3) is 0.458. The van der Waals surface area contributed by atoms with Gasteiger partial charge < -0.3 is 20.1 Å². The van der Waals surface area contributed by atoms with Gasteiger partial charge in [-0.1, -0.05) is 12.1 Å². The number of piperidine rings is 1. The Kier molecular flexibility index (Phi) is 8.67. The summed E-state index contributed by atoms with van der Waals surface area (Å²) in [6, 6.07) is 11.9. The molecule has 2 aromatic carbocycles. The molecule has 174 valence electrons. The van der Waals surface area contributed by atoms with Crippen LogP contribution in [0.2, 0.25) is 0 Å². The number of aliphatic imine (C=N–C) groups is 1. The summed E-state index contributed by atoms with van der Waals surface area (Å²) >= 11 is 0. The van der Waals surface area contributed by atoms with Gasteiger partial charge in [0.05, 0.1) is 13.7 Å². The first-order chi connectivity index (χ1) is 15.5. The molecule has 3 rings (SSSR count). The van der Waals surface area contributed by atoms with E-state index in [9.17, 15) is 8.78 Å². The van der Waals surface area contributed by atoms with E-state index in [0.717, 1.165) is 49.0 Å². The van der Waals surface area contributed by atoms with Crippen LogP contribution in [-0.2, 0) is 6.54 Å². The van der Waals surface area contributed by atoms with Gasteiger partial charge in [0.25, 0.3) is 0 Å². The van der Waals surface area contributed by atoms with Crippen molar-refractivity contribution in [2.24, 2.45) is 4.99 Å². The molecule has 6 nitrogen and oxygen atoms in total. The first-order valence-corrected chi connectivity index (χ1v) is 10.9. The van der Waals surface area contributed by atoms with Crippen molar-refractivity contribution in [1.82, 2.24) is 15.5 Å². The Morgan fingerprint density at radius 3 is 2.56 bits per heavy atom. The van der Waals surface area contributed by atoms with E-state index in [0.29, 0.717) is 19.1 Å². The molecule has 0 bridgehead atoms. The predicted molar refractivity (Wildman–Crippen MR) is 122 cm³/mol. The number of methoxy groups -OCH3 is 1. The Balaban J connectivity index is 1.39. The summed E-state index contributed by atoms with van der Waals surface area (Å²) in [6.07, 6.45) is 1.83. The maximum atomic E-state index is 13.4. The van der Waals surface area contributed by atoms with Crippen molar-refractivity contribution in [2.45, 2.75) is 38.5 Å². The zero-order valence-corrected chi connectivity index (χ0v) is 18.9. The van der Waals surface area contributed by atoms with Crippen molar-refractivity contribution in [3.8, 4) is 11.5 Å². The van der Waals surface area contributed by atoms with E-state index in [1.54, 1.807) is 20.2 Å². The maximum absolute atomic E-state index is 13.4. The van der Waals surface area contributed by atoms with Gasteiger partial charge >= 0.3 is 0 Å². The van der Waals surface area contributed by atoms with Crippen LogP contribution in [0.15, 0.2) is 47.5 Å². The summed E-state index contributed by atoms with van der Waals surface area (Å²) < 4.78 is 37.7. The summed E-state index contributed by atoms with van der Waals surface area (Å²) in [5.74, 6) is 0.661. The SMILES string of the molecule is CN=C(NCC(C)Oc1cccc(OC)c1)NC1CCN(Cc2ccc(F)c(F)c2)CC1. The van der Waals surface area contributed by atoms with Crippen LogP contribution in [0.3, 0.4) is 0 Å². The highest BCUT2D eigenvalue weighted by Gasteiger charge is 2.20. The molecule has 2 N–H and O–H groups in total. The molecular weight excluding hydrogens is 414 g/mol. The highest BCUT2D eigenvalue weighted by molar-refractivity contribution is 5.80. The Morgan fingerprint density at radius 2 is 1.88 bits per heavy atom. The van der Waals surface area contributed by atoms with Gasteiger partial charge in [-0.2, -0.15) is 0 Å². The van der Waals surface area contributed by atoms with Gasteiger partial charge in [0.1, 0.15) is 17.6 Å². The molecule has 1 fully saturated rings. The number of rotatable bonds is 8. The summed E-state index contributed by atoms with van der Waals surface area (Å²) in [6.45, 7) is 4.98. The lowest BCUT2D eigenvalue weighted by molar-refractivity contribution is 0.197. The minimum absolute atomic E-state index is 0.0568. The van der Waals surface area contributed by atoms with Gasteiger partial charge in [-0.3, -0.25) is 9.89 Å². The molecule has 1 aliphatic rings. The lowest BCUT2D eigenvalue weighted by atomic mass is 10.0. The second kappa shape index (κ2) is 11.7. The standard InChI is InChI=1S/C24H32F2N4O2/c1-17(32-21-6-4-5-20(14-21)31-3)15-28-24(27-2)29-19-9-11-30(12-10-19)16-18-7-8-22(25)23(26)13-18/h4-8,13-14,17,19H,9-12,15-16H2,1-3H3,(H2,27,28,29). The summed E-state index contributed by atoms with van der Waals surface area (Å²) in [5.41, 5.74) is 0.790. The molecule has 1 atom stereocenters. The smallest absolute Gasteiger partial charge is 0.191 e. The average Bonchev–Trinajstić information content (AvgIpc) is 2.80. The molecule has 2 aromatic rings. The normalized spacial score (nSPS) is 16.5. The maximum Gasteiger partial charge on any atom is 0.191 e. The van der Waals surface area contributed by atoms with Crippen molar-refractivity contribution < 1.29 is 18.3 Å². The van der Waals surface area contributed by atoms with Crippen LogP contribution in [0, 0.1) is 11.6 Å². The van der Waals surface area contributed by atoms with E-state index in [1.807, 2.05) is 31.2 Å². The van der Waals surface area contributed by atoms with Crippen LogP contribution in [0.5, 0.6) is 11.5 Å². The zero-order valence-electron chi connectivity index (χ0n) is 18.9. The number of nitrogens with zero attached hydrogens (tertiary/aromatic N) is 2. The zero-order chi connectivity index (χ0) is 22.9. The van der Waals surface area contributed by atoms with Crippen molar-refractivity contribution >= 4 is 5.96 Å². The largest absolute Gasteiger partial charge is 0.497 e. The van der Waals surface area contributed by atoms with Crippen molar-refractivity contribution in [1.29, 1.82) is 0 Å². The van der Waals surface area contributed by atoms with E-state index in [1.165, 1.54) is 12.1 Å². The Hall–Kier alpha value is -2.87. The van der Waals surface area contributed by atoms with E-state index in [2.05, 4.69) is 20.5 Å². The van der Waals surface area contributed by atoms with E-state index < -0.39 is 11.6 Å². The molecule has 8 heteroatoms. The number of hydrogen-bond donors (Lipinski definition) is 2. The number of guanidine groups is 1. The third-order valence-corrected chi connectivity index (χ3v) is 5.48. The second-order valence-electron chi connectivity index (χ2n) is 8.00. The fourth-order valence-electron chi connectivity index (χ4n) is 3.71.